The summed E-state index contributed by atoms with van der Waals surface area (Å²) in [5.74, 6) is 0.239. The second-order valence-corrected chi connectivity index (χ2v) is 2.75. The smallest absolute Gasteiger partial charge is 0.130 e. The highest BCUT2D eigenvalue weighted by atomic mass is 79.9. The number of phenolic OH excluding ortho intramolecular Hbond substituents is 1. The molecule has 0 radical (unpaired) electrons. The third-order valence-corrected chi connectivity index (χ3v) is 2.19. The van der Waals surface area contributed by atoms with E-state index >= 15 is 0 Å². The molecule has 0 aliphatic rings. The van der Waals surface area contributed by atoms with Crippen LogP contribution in [-0.2, 0) is 6.54 Å². The molecule has 0 amide bonds. The van der Waals surface area contributed by atoms with Crippen LogP contribution in [0.25, 0.3) is 0 Å². The molecular formula is C7H9BrClNO. The lowest BCUT2D eigenvalue weighted by Crippen LogP contribution is -1.96. The zero-order valence-corrected chi connectivity index (χ0v) is 8.15. The van der Waals surface area contributed by atoms with Gasteiger partial charge in [0, 0.05) is 6.54 Å². The summed E-state index contributed by atoms with van der Waals surface area (Å²) in [6.45, 7) is 0.439. The molecule has 2 nitrogen and oxygen atoms in total. The van der Waals surface area contributed by atoms with Crippen LogP contribution < -0.4 is 5.73 Å². The summed E-state index contributed by atoms with van der Waals surface area (Å²) < 4.78 is 0.692. The maximum Gasteiger partial charge on any atom is 0.130 e. The van der Waals surface area contributed by atoms with Gasteiger partial charge in [-0.25, -0.2) is 0 Å². The first-order valence-electron chi connectivity index (χ1n) is 2.92. The molecule has 1 aromatic carbocycles. The fourth-order valence-electron chi connectivity index (χ4n) is 0.724. The number of nitrogens with two attached hydrogens (primary N) is 1. The van der Waals surface area contributed by atoms with Crippen molar-refractivity contribution in [3.8, 4) is 5.75 Å². The van der Waals surface area contributed by atoms with E-state index in [0.717, 1.165) is 5.56 Å². The van der Waals surface area contributed by atoms with Crippen molar-refractivity contribution in [2.75, 3.05) is 0 Å². The summed E-state index contributed by atoms with van der Waals surface area (Å²) in [5, 5.41) is 9.13. The number of phenols is 1. The number of hydrogen-bond acceptors (Lipinski definition) is 2. The molecule has 4 heteroatoms. The lowest BCUT2D eigenvalue weighted by Gasteiger charge is -2.01. The quantitative estimate of drug-likeness (QED) is 0.786. The summed E-state index contributed by atoms with van der Waals surface area (Å²) in [6.07, 6.45) is 0. The number of benzene rings is 1. The molecule has 1 aromatic rings. The second-order valence-electron chi connectivity index (χ2n) is 1.95. The average Bonchev–Trinajstić information content (AvgIpc) is 1.95. The summed E-state index contributed by atoms with van der Waals surface area (Å²) in [4.78, 5) is 0. The van der Waals surface area contributed by atoms with E-state index in [4.69, 9.17) is 10.8 Å². The van der Waals surface area contributed by atoms with Gasteiger partial charge in [-0.05, 0) is 27.6 Å². The molecule has 0 atom stereocenters. The first kappa shape index (κ1) is 10.8. The Morgan fingerprint density at radius 3 is 2.55 bits per heavy atom. The van der Waals surface area contributed by atoms with Crippen molar-refractivity contribution in [2.24, 2.45) is 5.73 Å². The van der Waals surface area contributed by atoms with Gasteiger partial charge in [-0.15, -0.1) is 12.4 Å². The van der Waals surface area contributed by atoms with E-state index in [9.17, 15) is 0 Å². The van der Waals surface area contributed by atoms with Gasteiger partial charge >= 0.3 is 0 Å². The molecule has 0 fully saturated rings. The molecule has 11 heavy (non-hydrogen) atoms. The van der Waals surface area contributed by atoms with Crippen LogP contribution in [0.15, 0.2) is 22.7 Å². The van der Waals surface area contributed by atoms with Gasteiger partial charge < -0.3 is 10.8 Å². The summed E-state index contributed by atoms with van der Waals surface area (Å²) in [7, 11) is 0. The van der Waals surface area contributed by atoms with Crippen LogP contribution in [0, 0.1) is 0 Å². The van der Waals surface area contributed by atoms with Gasteiger partial charge in [-0.3, -0.25) is 0 Å². The second kappa shape index (κ2) is 4.59. The molecule has 0 aliphatic heterocycles. The van der Waals surface area contributed by atoms with Crippen molar-refractivity contribution in [1.82, 2.24) is 0 Å². The molecule has 0 aliphatic carbocycles. The monoisotopic (exact) mass is 237 g/mol. The SMILES string of the molecule is Cl.NCc1cccc(O)c1Br. The molecular weight excluding hydrogens is 229 g/mol. The van der Waals surface area contributed by atoms with E-state index in [0.29, 0.717) is 11.0 Å². The zero-order valence-electron chi connectivity index (χ0n) is 5.75. The Morgan fingerprint density at radius 1 is 1.45 bits per heavy atom. The van der Waals surface area contributed by atoms with Gasteiger partial charge in [-0.1, -0.05) is 12.1 Å². The first-order valence-corrected chi connectivity index (χ1v) is 3.71. The van der Waals surface area contributed by atoms with Crippen LogP contribution in [-0.4, -0.2) is 5.11 Å². The van der Waals surface area contributed by atoms with E-state index < -0.39 is 0 Å². The molecule has 0 saturated heterocycles. The highest BCUT2D eigenvalue weighted by molar-refractivity contribution is 9.10. The van der Waals surface area contributed by atoms with E-state index in [1.165, 1.54) is 0 Å². The van der Waals surface area contributed by atoms with E-state index in [1.807, 2.05) is 6.07 Å². The molecule has 0 spiro atoms. The normalized spacial score (nSPS) is 8.91. The molecule has 0 saturated carbocycles. The van der Waals surface area contributed by atoms with E-state index in [1.54, 1.807) is 12.1 Å². The van der Waals surface area contributed by atoms with Crippen LogP contribution in [0.3, 0.4) is 0 Å². The van der Waals surface area contributed by atoms with Crippen LogP contribution in [0.5, 0.6) is 5.75 Å². The molecule has 0 aromatic heterocycles. The van der Waals surface area contributed by atoms with Crippen LogP contribution in [0.4, 0.5) is 0 Å². The van der Waals surface area contributed by atoms with Crippen molar-refractivity contribution in [3.63, 3.8) is 0 Å². The van der Waals surface area contributed by atoms with Crippen LogP contribution in [0.1, 0.15) is 5.56 Å². The maximum atomic E-state index is 9.13. The minimum atomic E-state index is 0. The standard InChI is InChI=1S/C7H8BrNO.ClH/c8-7-5(4-9)2-1-3-6(7)10;/h1-3,10H,4,9H2;1H. The maximum absolute atomic E-state index is 9.13. The Balaban J connectivity index is 0.000001000. The van der Waals surface area contributed by atoms with Gasteiger partial charge in [0.05, 0.1) is 4.47 Å². The first-order chi connectivity index (χ1) is 4.75. The summed E-state index contributed by atoms with van der Waals surface area (Å²) in [6, 6.07) is 5.25. The highest BCUT2D eigenvalue weighted by Gasteiger charge is 2.00. The Kier molecular flexibility index (Phi) is 4.49. The third-order valence-electron chi connectivity index (χ3n) is 1.28. The lowest BCUT2D eigenvalue weighted by atomic mass is 10.2. The minimum Gasteiger partial charge on any atom is -0.507 e. The Hall–Kier alpha value is -0.250. The Bertz CT molecular complexity index is 242. The van der Waals surface area contributed by atoms with Gasteiger partial charge in [-0.2, -0.15) is 0 Å². The molecule has 0 bridgehead atoms. The molecule has 3 N–H and O–H groups in total. The Morgan fingerprint density at radius 2 is 2.09 bits per heavy atom. The lowest BCUT2D eigenvalue weighted by molar-refractivity contribution is 0.471. The number of halogens is 2. The molecule has 0 heterocycles. The van der Waals surface area contributed by atoms with Crippen LogP contribution >= 0.6 is 28.3 Å². The number of aromatic hydroxyl groups is 1. The zero-order chi connectivity index (χ0) is 7.56. The Labute approximate surface area is 80.0 Å². The topological polar surface area (TPSA) is 46.2 Å². The minimum absolute atomic E-state index is 0. The fourth-order valence-corrected chi connectivity index (χ4v) is 1.15. The largest absolute Gasteiger partial charge is 0.507 e. The van der Waals surface area contributed by atoms with Crippen molar-refractivity contribution in [2.45, 2.75) is 6.54 Å². The predicted octanol–water partition coefficient (Wildman–Crippen LogP) is 2.04. The van der Waals surface area contributed by atoms with E-state index in [2.05, 4.69) is 15.9 Å². The third kappa shape index (κ3) is 2.36. The van der Waals surface area contributed by atoms with Crippen molar-refractivity contribution >= 4 is 28.3 Å². The average molecular weight is 239 g/mol. The molecule has 1 rings (SSSR count). The van der Waals surface area contributed by atoms with Gasteiger partial charge in [0.2, 0.25) is 0 Å². The van der Waals surface area contributed by atoms with Crippen LogP contribution in [0.2, 0.25) is 0 Å². The number of rotatable bonds is 1. The van der Waals surface area contributed by atoms with E-state index in [-0.39, 0.29) is 18.2 Å². The van der Waals surface area contributed by atoms with Crippen molar-refractivity contribution in [1.29, 1.82) is 0 Å². The highest BCUT2D eigenvalue weighted by Crippen LogP contribution is 2.26. The predicted molar refractivity (Wildman–Crippen MR) is 50.9 cm³/mol. The molecule has 0 unspecified atom stereocenters. The fraction of sp³-hybridized carbons (Fsp3) is 0.143. The van der Waals surface area contributed by atoms with Crippen molar-refractivity contribution < 1.29 is 5.11 Å². The van der Waals surface area contributed by atoms with Gasteiger partial charge in [0.15, 0.2) is 0 Å². The summed E-state index contributed by atoms with van der Waals surface area (Å²) in [5.41, 5.74) is 6.30. The van der Waals surface area contributed by atoms with Crippen molar-refractivity contribution in [3.05, 3.63) is 28.2 Å². The van der Waals surface area contributed by atoms with Gasteiger partial charge in [0.1, 0.15) is 5.75 Å². The summed E-state index contributed by atoms with van der Waals surface area (Å²) >= 11 is 3.21. The molecule has 62 valence electrons. The number of hydrogen-bond donors (Lipinski definition) is 2. The van der Waals surface area contributed by atoms with Gasteiger partial charge in [0.25, 0.3) is 0 Å².